The number of halogens is 1. The van der Waals surface area contributed by atoms with Gasteiger partial charge in [-0.2, -0.15) is 0 Å². The van der Waals surface area contributed by atoms with Crippen LogP contribution >= 0.6 is 11.6 Å². The molecule has 1 heterocycles. The van der Waals surface area contributed by atoms with Crippen molar-refractivity contribution in [3.05, 3.63) is 102 Å². The van der Waals surface area contributed by atoms with E-state index >= 15 is 0 Å². The van der Waals surface area contributed by atoms with Crippen LogP contribution < -0.4 is 10.1 Å². The number of benzene rings is 3. The SMILES string of the molecule is O=C(Nc1ccc(Oc2ccccc2Cl)cc1)[C@@H](Cc1ccccc1)N1C(=O)[C@@H]2[C@@H]3C=C[C@H]([C@H]4C[C@H]34)[C@@H]2C1=O. The maximum Gasteiger partial charge on any atom is 0.248 e. The molecule has 0 spiro atoms. The zero-order valence-corrected chi connectivity index (χ0v) is 21.8. The first-order chi connectivity index (χ1) is 19.0. The zero-order chi connectivity index (χ0) is 26.7. The van der Waals surface area contributed by atoms with Gasteiger partial charge in [0.25, 0.3) is 0 Å². The van der Waals surface area contributed by atoms with Gasteiger partial charge in [-0.3, -0.25) is 19.3 Å². The van der Waals surface area contributed by atoms with E-state index < -0.39 is 6.04 Å². The molecule has 3 aromatic rings. The minimum atomic E-state index is -0.937. The molecule has 4 aliphatic carbocycles. The molecule has 196 valence electrons. The molecular weight excluding hydrogens is 512 g/mol. The highest BCUT2D eigenvalue weighted by Gasteiger charge is 2.67. The fraction of sp³-hybridized carbons (Fsp3) is 0.281. The summed E-state index contributed by atoms with van der Waals surface area (Å²) in [6, 6.07) is 22.7. The molecule has 0 radical (unpaired) electrons. The van der Waals surface area contributed by atoms with Crippen LogP contribution in [0.3, 0.4) is 0 Å². The summed E-state index contributed by atoms with van der Waals surface area (Å²) < 4.78 is 5.85. The predicted octanol–water partition coefficient (Wildman–Crippen LogP) is 5.74. The minimum Gasteiger partial charge on any atom is -0.456 e. The summed E-state index contributed by atoms with van der Waals surface area (Å²) in [6.45, 7) is 0. The van der Waals surface area contributed by atoms with E-state index in [0.717, 1.165) is 12.0 Å². The van der Waals surface area contributed by atoms with Gasteiger partial charge in [0.1, 0.15) is 17.5 Å². The van der Waals surface area contributed by atoms with Gasteiger partial charge >= 0.3 is 0 Å². The van der Waals surface area contributed by atoms with Crippen molar-refractivity contribution in [1.82, 2.24) is 4.90 Å². The van der Waals surface area contributed by atoms with Gasteiger partial charge in [0.05, 0.1) is 16.9 Å². The number of para-hydroxylation sites is 1. The summed E-state index contributed by atoms with van der Waals surface area (Å²) >= 11 is 6.19. The average molecular weight is 539 g/mol. The van der Waals surface area contributed by atoms with E-state index in [1.807, 2.05) is 42.5 Å². The van der Waals surface area contributed by atoms with Crippen molar-refractivity contribution in [3.63, 3.8) is 0 Å². The maximum absolute atomic E-state index is 13.8. The molecule has 5 aliphatic rings. The first-order valence-corrected chi connectivity index (χ1v) is 13.8. The Morgan fingerprint density at radius 1 is 0.872 bits per heavy atom. The molecule has 1 aliphatic heterocycles. The molecular formula is C32H27ClN2O4. The Bertz CT molecular complexity index is 1450. The molecule has 39 heavy (non-hydrogen) atoms. The van der Waals surface area contributed by atoms with E-state index in [1.165, 1.54) is 4.90 Å². The highest BCUT2D eigenvalue weighted by atomic mass is 35.5. The lowest BCUT2D eigenvalue weighted by Crippen LogP contribution is -2.49. The number of ether oxygens (including phenoxy) is 1. The van der Waals surface area contributed by atoms with Crippen LogP contribution in [0, 0.1) is 35.5 Å². The van der Waals surface area contributed by atoms with Gasteiger partial charge in [0, 0.05) is 12.1 Å². The number of anilines is 1. The lowest BCUT2D eigenvalue weighted by atomic mass is 9.63. The fourth-order valence-electron chi connectivity index (χ4n) is 6.91. The molecule has 1 N–H and O–H groups in total. The van der Waals surface area contributed by atoms with Crippen LogP contribution in [0.4, 0.5) is 5.69 Å². The van der Waals surface area contributed by atoms with Crippen molar-refractivity contribution in [2.45, 2.75) is 18.9 Å². The number of amides is 3. The van der Waals surface area contributed by atoms with Crippen LogP contribution in [0.15, 0.2) is 91.0 Å². The quantitative estimate of drug-likeness (QED) is 0.308. The first kappa shape index (κ1) is 24.2. The number of rotatable bonds is 7. The van der Waals surface area contributed by atoms with Gasteiger partial charge in [-0.05, 0) is 72.1 Å². The van der Waals surface area contributed by atoms with Crippen LogP contribution in [0.1, 0.15) is 12.0 Å². The predicted molar refractivity (Wildman–Crippen MR) is 147 cm³/mol. The molecule has 3 amide bonds. The Morgan fingerprint density at radius 3 is 2.13 bits per heavy atom. The van der Waals surface area contributed by atoms with Crippen molar-refractivity contribution in [2.75, 3.05) is 5.32 Å². The largest absolute Gasteiger partial charge is 0.456 e. The second-order valence-electron chi connectivity index (χ2n) is 11.0. The third-order valence-electron chi connectivity index (χ3n) is 8.77. The van der Waals surface area contributed by atoms with Gasteiger partial charge < -0.3 is 10.1 Å². The highest BCUT2D eigenvalue weighted by Crippen LogP contribution is 2.65. The van der Waals surface area contributed by atoms with Gasteiger partial charge in [0.15, 0.2) is 0 Å². The number of allylic oxidation sites excluding steroid dienone is 2. The minimum absolute atomic E-state index is 0.109. The normalized spacial score (nSPS) is 28.6. The Kier molecular flexibility index (Phi) is 5.81. The second-order valence-corrected chi connectivity index (χ2v) is 11.4. The number of nitrogens with one attached hydrogen (secondary N) is 1. The molecule has 7 atom stereocenters. The molecule has 3 fully saturated rings. The van der Waals surface area contributed by atoms with Crippen molar-refractivity contribution >= 4 is 35.0 Å². The molecule has 6 nitrogen and oxygen atoms in total. The number of likely N-dealkylation sites (tertiary alicyclic amines) is 1. The first-order valence-electron chi connectivity index (χ1n) is 13.4. The van der Waals surface area contributed by atoms with Crippen LogP contribution in [0.5, 0.6) is 11.5 Å². The van der Waals surface area contributed by atoms with Crippen LogP contribution in [0.25, 0.3) is 0 Å². The summed E-state index contributed by atoms with van der Waals surface area (Å²) in [7, 11) is 0. The molecule has 0 unspecified atom stereocenters. The molecule has 2 saturated carbocycles. The summed E-state index contributed by atoms with van der Waals surface area (Å²) in [5.74, 6) is 0.858. The van der Waals surface area contributed by atoms with Crippen molar-refractivity contribution in [2.24, 2.45) is 35.5 Å². The van der Waals surface area contributed by atoms with Gasteiger partial charge in [-0.25, -0.2) is 0 Å². The van der Waals surface area contributed by atoms with Crippen molar-refractivity contribution in [3.8, 4) is 11.5 Å². The number of carbonyl (C=O) groups excluding carboxylic acids is 3. The van der Waals surface area contributed by atoms with E-state index in [-0.39, 0.29) is 47.8 Å². The lowest BCUT2D eigenvalue weighted by molar-refractivity contribution is -0.146. The van der Waals surface area contributed by atoms with Crippen LogP contribution in [0.2, 0.25) is 5.02 Å². The standard InChI is InChI=1S/C32H27ClN2O4/c33-25-8-4-5-9-27(25)39-20-12-10-19(11-13-20)34-30(36)26(16-18-6-2-1-3-7-18)35-31(37)28-21-14-15-22(24-17-23(21)24)29(28)32(35)38/h1-15,21-24,26,28-29H,16-17H2,(H,34,36)/t21-,22-,23-,24-,26-,28-,29+/m1/s1. The molecule has 0 aromatic heterocycles. The third-order valence-corrected chi connectivity index (χ3v) is 9.08. The Labute approximate surface area is 231 Å². The summed E-state index contributed by atoms with van der Waals surface area (Å²) in [4.78, 5) is 42.6. The smallest absolute Gasteiger partial charge is 0.248 e. The fourth-order valence-corrected chi connectivity index (χ4v) is 7.09. The lowest BCUT2D eigenvalue weighted by Gasteiger charge is -2.37. The highest BCUT2D eigenvalue weighted by molar-refractivity contribution is 6.32. The average Bonchev–Trinajstić information content (AvgIpc) is 3.73. The van der Waals surface area contributed by atoms with E-state index in [2.05, 4.69) is 17.5 Å². The number of carbonyl (C=O) groups is 3. The second kappa shape index (κ2) is 9.38. The van der Waals surface area contributed by atoms with Crippen molar-refractivity contribution < 1.29 is 19.1 Å². The molecule has 8 rings (SSSR count). The topological polar surface area (TPSA) is 75.7 Å². The molecule has 2 bridgehead atoms. The summed E-state index contributed by atoms with van der Waals surface area (Å²) in [5, 5.41) is 3.44. The van der Waals surface area contributed by atoms with Crippen molar-refractivity contribution in [1.29, 1.82) is 0 Å². The number of imide groups is 1. The van der Waals surface area contributed by atoms with E-state index in [1.54, 1.807) is 36.4 Å². The van der Waals surface area contributed by atoms with Gasteiger partial charge in [-0.1, -0.05) is 66.2 Å². The zero-order valence-electron chi connectivity index (χ0n) is 21.1. The van der Waals surface area contributed by atoms with Crippen LogP contribution in [-0.2, 0) is 20.8 Å². The Hall–Kier alpha value is -3.90. The Morgan fingerprint density at radius 2 is 1.49 bits per heavy atom. The number of nitrogens with zero attached hydrogens (tertiary/aromatic N) is 1. The number of hydrogen-bond acceptors (Lipinski definition) is 4. The summed E-state index contributed by atoms with van der Waals surface area (Å²) in [6.07, 6.45) is 5.65. The van der Waals surface area contributed by atoms with Gasteiger partial charge in [0.2, 0.25) is 17.7 Å². The summed E-state index contributed by atoms with van der Waals surface area (Å²) in [5.41, 5.74) is 1.43. The molecule has 7 heteroatoms. The molecule has 3 aromatic carbocycles. The number of hydrogen-bond donors (Lipinski definition) is 1. The van der Waals surface area contributed by atoms with E-state index in [4.69, 9.17) is 16.3 Å². The van der Waals surface area contributed by atoms with Crippen LogP contribution in [-0.4, -0.2) is 28.7 Å². The van der Waals surface area contributed by atoms with Gasteiger partial charge in [-0.15, -0.1) is 0 Å². The van der Waals surface area contributed by atoms with E-state index in [0.29, 0.717) is 34.0 Å². The molecule has 1 saturated heterocycles. The van der Waals surface area contributed by atoms with E-state index in [9.17, 15) is 14.4 Å². The third kappa shape index (κ3) is 4.14. The monoisotopic (exact) mass is 538 g/mol. The maximum atomic E-state index is 13.8. The Balaban J connectivity index is 1.13.